The fourth-order valence-electron chi connectivity index (χ4n) is 2.48. The summed E-state index contributed by atoms with van der Waals surface area (Å²) in [6.07, 6.45) is 1.62. The van der Waals surface area contributed by atoms with Crippen LogP contribution in [0.3, 0.4) is 0 Å². The van der Waals surface area contributed by atoms with Gasteiger partial charge >= 0.3 is 5.97 Å². The number of hydrogen-bond donors (Lipinski definition) is 1. The van der Waals surface area contributed by atoms with Crippen molar-refractivity contribution in [3.05, 3.63) is 29.5 Å². The number of ether oxygens (including phenoxy) is 1. The van der Waals surface area contributed by atoms with Gasteiger partial charge in [0.15, 0.2) is 0 Å². The maximum absolute atomic E-state index is 11.2. The molecule has 2 aromatic rings. The first-order valence-corrected chi connectivity index (χ1v) is 7.52. The average Bonchev–Trinajstić information content (AvgIpc) is 3.19. The summed E-state index contributed by atoms with van der Waals surface area (Å²) >= 11 is 1.57. The lowest BCUT2D eigenvalue weighted by Gasteiger charge is -2.24. The van der Waals surface area contributed by atoms with Gasteiger partial charge in [0.1, 0.15) is 6.26 Å². The smallest absolute Gasteiger partial charge is 0.310 e. The van der Waals surface area contributed by atoms with Crippen LogP contribution in [0.2, 0.25) is 0 Å². The molecule has 21 heavy (non-hydrogen) atoms. The molecule has 1 saturated heterocycles. The maximum Gasteiger partial charge on any atom is 0.310 e. The maximum atomic E-state index is 11.2. The molecule has 0 aromatic carbocycles. The van der Waals surface area contributed by atoms with E-state index in [0.29, 0.717) is 19.0 Å². The fraction of sp³-hybridized carbons (Fsp3) is 0.429. The number of aliphatic carboxylic acids is 1. The molecule has 2 atom stereocenters. The first-order valence-electron chi connectivity index (χ1n) is 6.64. The molecule has 0 bridgehead atoms. The van der Waals surface area contributed by atoms with Crippen LogP contribution in [0.25, 0.3) is 10.8 Å². The van der Waals surface area contributed by atoms with Gasteiger partial charge in [-0.15, -0.1) is 11.3 Å². The molecule has 6 nitrogen and oxygen atoms in total. The Morgan fingerprint density at radius 3 is 3.14 bits per heavy atom. The predicted octanol–water partition coefficient (Wildman–Crippen LogP) is 1.93. The van der Waals surface area contributed by atoms with Crippen LogP contribution in [0.15, 0.2) is 28.2 Å². The van der Waals surface area contributed by atoms with Crippen LogP contribution >= 0.6 is 11.3 Å². The molecule has 3 rings (SSSR count). The van der Waals surface area contributed by atoms with Crippen LogP contribution < -0.4 is 0 Å². The largest absolute Gasteiger partial charge is 0.481 e. The Hall–Kier alpha value is -1.70. The van der Waals surface area contributed by atoms with Gasteiger partial charge in [0.05, 0.1) is 29.7 Å². The zero-order valence-corrected chi connectivity index (χ0v) is 12.4. The molecule has 0 spiro atoms. The Kier molecular flexibility index (Phi) is 4.05. The number of carbonyl (C=O) groups is 1. The predicted molar refractivity (Wildman–Crippen MR) is 77.0 cm³/mol. The first-order chi connectivity index (χ1) is 10.1. The lowest BCUT2D eigenvalue weighted by atomic mass is 10.0. The van der Waals surface area contributed by atoms with Crippen LogP contribution in [0.5, 0.6) is 0 Å². The molecule has 2 aromatic heterocycles. The molecular weight excluding hydrogens is 292 g/mol. The number of nitrogens with zero attached hydrogens (tertiary/aromatic N) is 2. The second kappa shape index (κ2) is 5.97. The van der Waals surface area contributed by atoms with Gasteiger partial charge in [-0.25, -0.2) is 4.98 Å². The average molecular weight is 308 g/mol. The van der Waals surface area contributed by atoms with Crippen molar-refractivity contribution < 1.29 is 19.1 Å². The Morgan fingerprint density at radius 1 is 1.57 bits per heavy atom. The molecule has 1 aliphatic rings. The third-order valence-corrected chi connectivity index (χ3v) is 4.49. The standard InChI is InChI=1S/C14H16N2O4S/c1-16(11-8-19-7-10(11)14(17)18)5-9-6-20-13(15-9)12-3-2-4-21-12/h2-4,6,10-11H,5,7-8H2,1H3,(H,17,18). The Morgan fingerprint density at radius 2 is 2.43 bits per heavy atom. The second-order valence-electron chi connectivity index (χ2n) is 5.09. The molecule has 2 unspecified atom stereocenters. The van der Waals surface area contributed by atoms with Crippen molar-refractivity contribution in [3.63, 3.8) is 0 Å². The topological polar surface area (TPSA) is 75.8 Å². The molecule has 0 saturated carbocycles. The minimum absolute atomic E-state index is 0.135. The molecule has 0 radical (unpaired) electrons. The van der Waals surface area contributed by atoms with E-state index in [2.05, 4.69) is 4.98 Å². The normalized spacial score (nSPS) is 22.0. The van der Waals surface area contributed by atoms with E-state index in [9.17, 15) is 9.90 Å². The number of carboxylic acids is 1. The summed E-state index contributed by atoms with van der Waals surface area (Å²) in [5, 5.41) is 11.2. The number of hydrogen-bond acceptors (Lipinski definition) is 6. The minimum atomic E-state index is -0.816. The van der Waals surface area contributed by atoms with Crippen molar-refractivity contribution in [1.29, 1.82) is 0 Å². The van der Waals surface area contributed by atoms with Crippen LogP contribution in [-0.4, -0.2) is 47.3 Å². The number of likely N-dealkylation sites (N-methyl/N-ethyl adjacent to an activating group) is 1. The molecule has 1 fully saturated rings. The van der Waals surface area contributed by atoms with Gasteiger partial charge in [0, 0.05) is 12.6 Å². The molecule has 0 aliphatic carbocycles. The highest BCUT2D eigenvalue weighted by Crippen LogP contribution is 2.25. The van der Waals surface area contributed by atoms with Crippen molar-refractivity contribution in [2.45, 2.75) is 12.6 Å². The van der Waals surface area contributed by atoms with Crippen LogP contribution in [0.1, 0.15) is 5.69 Å². The van der Waals surface area contributed by atoms with Crippen molar-refractivity contribution >= 4 is 17.3 Å². The third kappa shape index (κ3) is 2.99. The third-order valence-electron chi connectivity index (χ3n) is 3.63. The number of thiophene rings is 1. The van der Waals surface area contributed by atoms with Crippen molar-refractivity contribution in [2.24, 2.45) is 5.92 Å². The first kappa shape index (κ1) is 14.2. The van der Waals surface area contributed by atoms with Crippen molar-refractivity contribution in [1.82, 2.24) is 9.88 Å². The molecule has 7 heteroatoms. The Bertz CT molecular complexity index is 610. The van der Waals surface area contributed by atoms with E-state index in [1.807, 2.05) is 29.5 Å². The number of carboxylic acid groups (broad SMARTS) is 1. The summed E-state index contributed by atoms with van der Waals surface area (Å²) in [5.41, 5.74) is 0.789. The number of aromatic nitrogens is 1. The zero-order chi connectivity index (χ0) is 14.8. The summed E-state index contributed by atoms with van der Waals surface area (Å²) in [4.78, 5) is 18.6. The molecule has 3 heterocycles. The fourth-order valence-corrected chi connectivity index (χ4v) is 3.13. The van der Waals surface area contributed by atoms with Gasteiger partial charge in [0.2, 0.25) is 5.89 Å². The quantitative estimate of drug-likeness (QED) is 0.909. The Labute approximate surface area is 126 Å². The monoisotopic (exact) mass is 308 g/mol. The van der Waals surface area contributed by atoms with E-state index in [1.54, 1.807) is 17.6 Å². The SMILES string of the molecule is CN(Cc1coc(-c2cccs2)n1)C1COCC1C(=O)O. The van der Waals surface area contributed by atoms with E-state index < -0.39 is 11.9 Å². The van der Waals surface area contributed by atoms with E-state index in [-0.39, 0.29) is 12.6 Å². The van der Waals surface area contributed by atoms with Gasteiger partial charge in [-0.3, -0.25) is 9.69 Å². The van der Waals surface area contributed by atoms with Crippen LogP contribution in [0, 0.1) is 5.92 Å². The highest BCUT2D eigenvalue weighted by Gasteiger charge is 2.36. The van der Waals surface area contributed by atoms with Crippen molar-refractivity contribution in [3.8, 4) is 10.8 Å². The summed E-state index contributed by atoms with van der Waals surface area (Å²) in [6.45, 7) is 1.24. The number of rotatable bonds is 5. The number of oxazole rings is 1. The molecule has 0 amide bonds. The van der Waals surface area contributed by atoms with Crippen LogP contribution in [-0.2, 0) is 16.1 Å². The molecular formula is C14H16N2O4S. The van der Waals surface area contributed by atoms with E-state index >= 15 is 0 Å². The van der Waals surface area contributed by atoms with Crippen molar-refractivity contribution in [2.75, 3.05) is 20.3 Å². The summed E-state index contributed by atoms with van der Waals surface area (Å²) in [5.74, 6) is -0.701. The lowest BCUT2D eigenvalue weighted by molar-refractivity contribution is -0.143. The lowest BCUT2D eigenvalue weighted by Crippen LogP contribution is -2.40. The van der Waals surface area contributed by atoms with E-state index in [0.717, 1.165) is 10.6 Å². The van der Waals surface area contributed by atoms with Gasteiger partial charge in [-0.1, -0.05) is 6.07 Å². The van der Waals surface area contributed by atoms with Gasteiger partial charge in [-0.05, 0) is 18.5 Å². The summed E-state index contributed by atoms with van der Waals surface area (Å²) in [7, 11) is 1.88. The van der Waals surface area contributed by atoms with E-state index in [4.69, 9.17) is 9.15 Å². The molecule has 112 valence electrons. The van der Waals surface area contributed by atoms with Gasteiger partial charge < -0.3 is 14.3 Å². The second-order valence-corrected chi connectivity index (χ2v) is 6.03. The highest BCUT2D eigenvalue weighted by molar-refractivity contribution is 7.13. The summed E-state index contributed by atoms with van der Waals surface area (Å²) < 4.78 is 10.8. The van der Waals surface area contributed by atoms with E-state index in [1.165, 1.54) is 0 Å². The Balaban J connectivity index is 1.67. The summed E-state index contributed by atoms with van der Waals surface area (Å²) in [6, 6.07) is 3.77. The van der Waals surface area contributed by atoms with Crippen LogP contribution in [0.4, 0.5) is 0 Å². The highest BCUT2D eigenvalue weighted by atomic mass is 32.1. The minimum Gasteiger partial charge on any atom is -0.481 e. The van der Waals surface area contributed by atoms with Gasteiger partial charge in [-0.2, -0.15) is 0 Å². The van der Waals surface area contributed by atoms with Gasteiger partial charge in [0.25, 0.3) is 0 Å². The molecule has 1 N–H and O–H groups in total. The molecule has 1 aliphatic heterocycles. The zero-order valence-electron chi connectivity index (χ0n) is 11.6.